The van der Waals surface area contributed by atoms with Crippen LogP contribution >= 0.6 is 0 Å². The number of nitrogens with one attached hydrogen (secondary N) is 2. The van der Waals surface area contributed by atoms with E-state index in [1.54, 1.807) is 0 Å². The Balaban J connectivity index is 1.98. The molecule has 2 N–H and O–H groups in total. The fourth-order valence-corrected chi connectivity index (χ4v) is 3.00. The van der Waals surface area contributed by atoms with Crippen molar-refractivity contribution in [2.75, 3.05) is 26.2 Å². The second kappa shape index (κ2) is 5.91. The van der Waals surface area contributed by atoms with E-state index in [0.717, 1.165) is 12.1 Å². The minimum Gasteiger partial charge on any atom is -0.314 e. The molecule has 0 bridgehead atoms. The van der Waals surface area contributed by atoms with E-state index in [2.05, 4.69) is 10.0 Å². The molecule has 0 unspecified atom stereocenters. The Morgan fingerprint density at radius 2 is 1.89 bits per heavy atom. The molecule has 8 heteroatoms. The predicted molar refractivity (Wildman–Crippen MR) is 66.6 cm³/mol. The fraction of sp³-hybridized carbons (Fsp3) is 0.455. The van der Waals surface area contributed by atoms with Crippen LogP contribution in [0.15, 0.2) is 18.2 Å². The average molecular weight is 291 g/mol. The summed E-state index contributed by atoms with van der Waals surface area (Å²) in [5.74, 6) is -1.94. The second-order valence-electron chi connectivity index (χ2n) is 4.22. The summed E-state index contributed by atoms with van der Waals surface area (Å²) in [6, 6.07) is 3.30. The number of rotatable bonds is 4. The third-order valence-electron chi connectivity index (χ3n) is 2.86. The molecule has 0 saturated carbocycles. The number of halogens is 2. The highest BCUT2D eigenvalue weighted by Gasteiger charge is 2.23. The van der Waals surface area contributed by atoms with Crippen LogP contribution in [0.2, 0.25) is 0 Å². The van der Waals surface area contributed by atoms with E-state index in [9.17, 15) is 17.2 Å². The minimum atomic E-state index is -3.58. The van der Waals surface area contributed by atoms with E-state index in [1.807, 2.05) is 0 Å². The maximum absolute atomic E-state index is 13.0. The van der Waals surface area contributed by atoms with Gasteiger partial charge in [-0.15, -0.1) is 0 Å². The molecular formula is C11H15F2N3O2S. The molecule has 19 heavy (non-hydrogen) atoms. The van der Waals surface area contributed by atoms with Gasteiger partial charge in [0.05, 0.1) is 0 Å². The molecule has 0 aromatic heterocycles. The summed E-state index contributed by atoms with van der Waals surface area (Å²) < 4.78 is 53.3. The summed E-state index contributed by atoms with van der Waals surface area (Å²) in [6.45, 7) is 1.93. The van der Waals surface area contributed by atoms with Crippen molar-refractivity contribution < 1.29 is 17.2 Å². The number of piperazine rings is 1. The monoisotopic (exact) mass is 291 g/mol. The van der Waals surface area contributed by atoms with Crippen molar-refractivity contribution in [3.05, 3.63) is 35.4 Å². The normalized spacial score (nSPS) is 17.6. The van der Waals surface area contributed by atoms with Crippen molar-refractivity contribution in [1.82, 2.24) is 14.3 Å². The van der Waals surface area contributed by atoms with Crippen LogP contribution < -0.4 is 10.0 Å². The van der Waals surface area contributed by atoms with Crippen LogP contribution in [-0.2, 0) is 16.8 Å². The van der Waals surface area contributed by atoms with Crippen molar-refractivity contribution >= 4 is 10.2 Å². The average Bonchev–Trinajstić information content (AvgIpc) is 2.41. The van der Waals surface area contributed by atoms with E-state index in [0.29, 0.717) is 31.7 Å². The summed E-state index contributed by atoms with van der Waals surface area (Å²) >= 11 is 0. The van der Waals surface area contributed by atoms with Crippen LogP contribution in [0.3, 0.4) is 0 Å². The lowest BCUT2D eigenvalue weighted by Gasteiger charge is -2.26. The summed E-state index contributed by atoms with van der Waals surface area (Å²) in [5.41, 5.74) is 0.373. The van der Waals surface area contributed by atoms with E-state index in [1.165, 1.54) is 10.4 Å². The largest absolute Gasteiger partial charge is 0.314 e. The molecule has 1 heterocycles. The zero-order chi connectivity index (χ0) is 13.9. The van der Waals surface area contributed by atoms with Crippen molar-refractivity contribution in [3.63, 3.8) is 0 Å². The van der Waals surface area contributed by atoms with Crippen LogP contribution in [0.1, 0.15) is 5.56 Å². The maximum Gasteiger partial charge on any atom is 0.279 e. The van der Waals surface area contributed by atoms with Crippen LogP contribution in [0.5, 0.6) is 0 Å². The predicted octanol–water partition coefficient (Wildman–Crippen LogP) is 0.204. The van der Waals surface area contributed by atoms with Gasteiger partial charge in [0.1, 0.15) is 0 Å². The summed E-state index contributed by atoms with van der Waals surface area (Å²) in [6.07, 6.45) is 0. The summed E-state index contributed by atoms with van der Waals surface area (Å²) in [7, 11) is -3.58. The van der Waals surface area contributed by atoms with Crippen LogP contribution in [-0.4, -0.2) is 38.9 Å². The topological polar surface area (TPSA) is 61.4 Å². The Morgan fingerprint density at radius 3 is 2.53 bits per heavy atom. The molecule has 0 aliphatic carbocycles. The SMILES string of the molecule is O=S(=O)(NCc1ccc(F)c(F)c1)N1CCNCC1. The molecule has 2 rings (SSSR count). The van der Waals surface area contributed by atoms with Gasteiger partial charge in [-0.1, -0.05) is 6.07 Å². The highest BCUT2D eigenvalue weighted by atomic mass is 32.2. The maximum atomic E-state index is 13.0. The van der Waals surface area contributed by atoms with Crippen LogP contribution in [0.25, 0.3) is 0 Å². The third kappa shape index (κ3) is 3.69. The van der Waals surface area contributed by atoms with Gasteiger partial charge in [0.25, 0.3) is 10.2 Å². The second-order valence-corrected chi connectivity index (χ2v) is 5.98. The molecule has 0 amide bonds. The lowest BCUT2D eigenvalue weighted by atomic mass is 10.2. The zero-order valence-corrected chi connectivity index (χ0v) is 11.0. The van der Waals surface area contributed by atoms with Gasteiger partial charge in [0.15, 0.2) is 11.6 Å². The molecule has 0 radical (unpaired) electrons. The van der Waals surface area contributed by atoms with Gasteiger partial charge in [-0.05, 0) is 17.7 Å². The first-order chi connectivity index (χ1) is 8.99. The van der Waals surface area contributed by atoms with Gasteiger partial charge in [0.2, 0.25) is 0 Å². The molecular weight excluding hydrogens is 276 g/mol. The molecule has 5 nitrogen and oxygen atoms in total. The minimum absolute atomic E-state index is 0.0660. The quantitative estimate of drug-likeness (QED) is 0.833. The van der Waals surface area contributed by atoms with Crippen molar-refractivity contribution in [2.45, 2.75) is 6.54 Å². The lowest BCUT2D eigenvalue weighted by molar-refractivity contribution is 0.354. The fourth-order valence-electron chi connectivity index (χ4n) is 1.80. The molecule has 1 aliphatic heterocycles. The Bertz CT molecular complexity index is 545. The smallest absolute Gasteiger partial charge is 0.279 e. The first kappa shape index (κ1) is 14.3. The standard InChI is InChI=1S/C11H15F2N3O2S/c12-10-2-1-9(7-11(10)13)8-15-19(17,18)16-5-3-14-4-6-16/h1-2,7,14-15H,3-6,8H2. The van der Waals surface area contributed by atoms with Gasteiger partial charge in [-0.3, -0.25) is 0 Å². The summed E-state index contributed by atoms with van der Waals surface area (Å²) in [5, 5.41) is 3.05. The molecule has 0 spiro atoms. The van der Waals surface area contributed by atoms with Gasteiger partial charge in [-0.2, -0.15) is 17.4 Å². The Hall–Kier alpha value is -1.09. The van der Waals surface area contributed by atoms with Gasteiger partial charge in [-0.25, -0.2) is 8.78 Å². The van der Waals surface area contributed by atoms with Gasteiger partial charge in [0, 0.05) is 32.7 Å². The molecule has 1 aromatic rings. The Labute approximate surface area is 110 Å². The van der Waals surface area contributed by atoms with E-state index >= 15 is 0 Å². The van der Waals surface area contributed by atoms with E-state index in [-0.39, 0.29) is 6.54 Å². The summed E-state index contributed by atoms with van der Waals surface area (Å²) in [4.78, 5) is 0. The first-order valence-electron chi connectivity index (χ1n) is 5.88. The molecule has 1 saturated heterocycles. The number of hydrogen-bond donors (Lipinski definition) is 2. The Morgan fingerprint density at radius 1 is 1.21 bits per heavy atom. The van der Waals surface area contributed by atoms with Crippen molar-refractivity contribution in [2.24, 2.45) is 0 Å². The molecule has 1 fully saturated rings. The lowest BCUT2D eigenvalue weighted by Crippen LogP contribution is -2.50. The van der Waals surface area contributed by atoms with E-state index in [4.69, 9.17) is 0 Å². The van der Waals surface area contributed by atoms with Crippen molar-refractivity contribution in [1.29, 1.82) is 0 Å². The van der Waals surface area contributed by atoms with Crippen LogP contribution in [0, 0.1) is 11.6 Å². The number of hydrogen-bond acceptors (Lipinski definition) is 3. The van der Waals surface area contributed by atoms with Gasteiger partial charge < -0.3 is 5.32 Å². The zero-order valence-electron chi connectivity index (χ0n) is 10.2. The van der Waals surface area contributed by atoms with Crippen LogP contribution in [0.4, 0.5) is 8.78 Å². The number of nitrogens with zero attached hydrogens (tertiary/aromatic N) is 1. The number of benzene rings is 1. The Kier molecular flexibility index (Phi) is 4.46. The van der Waals surface area contributed by atoms with E-state index < -0.39 is 21.8 Å². The molecule has 106 valence electrons. The first-order valence-corrected chi connectivity index (χ1v) is 7.32. The third-order valence-corrected chi connectivity index (χ3v) is 4.41. The highest BCUT2D eigenvalue weighted by molar-refractivity contribution is 7.87. The molecule has 1 aromatic carbocycles. The van der Waals surface area contributed by atoms with Gasteiger partial charge >= 0.3 is 0 Å². The molecule has 0 atom stereocenters. The molecule has 1 aliphatic rings. The van der Waals surface area contributed by atoms with Crippen molar-refractivity contribution in [3.8, 4) is 0 Å². The highest BCUT2D eigenvalue weighted by Crippen LogP contribution is 2.09.